The second-order valence-corrected chi connectivity index (χ2v) is 8.48. The lowest BCUT2D eigenvalue weighted by Gasteiger charge is -2.34. The fourth-order valence-electron chi connectivity index (χ4n) is 4.40. The van der Waals surface area contributed by atoms with E-state index < -0.39 is 6.04 Å². The molecule has 30 heavy (non-hydrogen) atoms. The molecule has 0 aromatic heterocycles. The molecule has 0 unspecified atom stereocenters. The maximum absolute atomic E-state index is 13.1. The number of benzene rings is 1. The molecule has 1 atom stereocenters. The average molecular weight is 415 g/mol. The van der Waals surface area contributed by atoms with Crippen LogP contribution in [0, 0.1) is 5.92 Å². The summed E-state index contributed by atoms with van der Waals surface area (Å²) in [6.07, 6.45) is 6.12. The quantitative estimate of drug-likeness (QED) is 0.693. The zero-order valence-corrected chi connectivity index (χ0v) is 17.5. The molecular weight excluding hydrogens is 384 g/mol. The Morgan fingerprint density at radius 1 is 0.967 bits per heavy atom. The van der Waals surface area contributed by atoms with Crippen LogP contribution in [0.4, 0.5) is 0 Å². The average Bonchev–Trinajstić information content (AvgIpc) is 3.64. The van der Waals surface area contributed by atoms with E-state index in [1.165, 1.54) is 7.11 Å². The first-order chi connectivity index (χ1) is 14.6. The highest BCUT2D eigenvalue weighted by Gasteiger charge is 2.36. The van der Waals surface area contributed by atoms with Gasteiger partial charge in [0.15, 0.2) is 0 Å². The number of hydrogen-bond donors (Lipinski definition) is 0. The molecule has 7 heteroatoms. The van der Waals surface area contributed by atoms with E-state index >= 15 is 0 Å². The first kappa shape index (κ1) is 20.7. The van der Waals surface area contributed by atoms with Gasteiger partial charge in [0.05, 0.1) is 7.11 Å². The predicted molar refractivity (Wildman–Crippen MR) is 110 cm³/mol. The summed E-state index contributed by atoms with van der Waals surface area (Å²) in [4.78, 5) is 41.0. The Morgan fingerprint density at radius 2 is 1.73 bits per heavy atom. The Hall–Kier alpha value is -2.57. The Kier molecular flexibility index (Phi) is 6.25. The molecule has 1 aromatic carbocycles. The maximum atomic E-state index is 13.1. The summed E-state index contributed by atoms with van der Waals surface area (Å²) < 4.78 is 11.0. The van der Waals surface area contributed by atoms with Crippen LogP contribution < -0.4 is 4.74 Å². The number of esters is 1. The van der Waals surface area contributed by atoms with Crippen molar-refractivity contribution in [1.29, 1.82) is 0 Å². The Bertz CT molecular complexity index is 799. The number of carbonyl (C=O) groups excluding carboxylic acids is 3. The van der Waals surface area contributed by atoms with Gasteiger partial charge < -0.3 is 19.3 Å². The maximum Gasteiger partial charge on any atom is 0.328 e. The highest BCUT2D eigenvalue weighted by molar-refractivity contribution is 5.97. The molecule has 1 saturated carbocycles. The Balaban J connectivity index is 1.37. The van der Waals surface area contributed by atoms with Gasteiger partial charge in [0.25, 0.3) is 5.91 Å². The number of ether oxygens (including phenoxy) is 2. The van der Waals surface area contributed by atoms with Crippen molar-refractivity contribution in [3.8, 4) is 5.75 Å². The minimum absolute atomic E-state index is 0.0383. The van der Waals surface area contributed by atoms with Crippen molar-refractivity contribution in [1.82, 2.24) is 9.80 Å². The fraction of sp³-hybridized carbons (Fsp3) is 0.609. The van der Waals surface area contributed by atoms with Crippen LogP contribution >= 0.6 is 0 Å². The minimum atomic E-state index is -0.519. The molecule has 2 saturated heterocycles. The molecule has 2 aliphatic heterocycles. The standard InChI is InChI=1S/C23H30N2O5/c1-29-23(28)20-7-2-3-12-25(20)22(27)17-5-4-6-19(15-17)30-18-10-13-24(14-11-18)21(26)16-8-9-16/h4-6,15-16,18,20H,2-3,7-14H2,1H3/t20-/m0/s1. The van der Waals surface area contributed by atoms with Crippen molar-refractivity contribution < 1.29 is 23.9 Å². The first-order valence-electron chi connectivity index (χ1n) is 11.0. The molecule has 0 spiro atoms. The number of carbonyl (C=O) groups is 3. The number of methoxy groups -OCH3 is 1. The van der Waals surface area contributed by atoms with Crippen molar-refractivity contribution in [3.05, 3.63) is 29.8 Å². The third kappa shape index (κ3) is 4.60. The number of piperidine rings is 2. The van der Waals surface area contributed by atoms with Gasteiger partial charge in [-0.25, -0.2) is 4.79 Å². The zero-order valence-electron chi connectivity index (χ0n) is 17.5. The second kappa shape index (κ2) is 9.06. The van der Waals surface area contributed by atoms with E-state index in [4.69, 9.17) is 9.47 Å². The van der Waals surface area contributed by atoms with Crippen molar-refractivity contribution >= 4 is 17.8 Å². The van der Waals surface area contributed by atoms with Crippen LogP contribution in [0.5, 0.6) is 5.75 Å². The van der Waals surface area contributed by atoms with Crippen molar-refractivity contribution in [2.45, 2.75) is 57.1 Å². The molecule has 1 aromatic rings. The molecule has 1 aliphatic carbocycles. The number of likely N-dealkylation sites (tertiary alicyclic amines) is 2. The van der Waals surface area contributed by atoms with Crippen LogP contribution in [-0.2, 0) is 14.3 Å². The van der Waals surface area contributed by atoms with E-state index in [9.17, 15) is 14.4 Å². The molecule has 3 fully saturated rings. The van der Waals surface area contributed by atoms with Crippen molar-refractivity contribution in [2.75, 3.05) is 26.7 Å². The number of amides is 2. The molecule has 0 bridgehead atoms. The summed E-state index contributed by atoms with van der Waals surface area (Å²) >= 11 is 0. The zero-order chi connectivity index (χ0) is 21.1. The van der Waals surface area contributed by atoms with Crippen molar-refractivity contribution in [3.63, 3.8) is 0 Å². The van der Waals surface area contributed by atoms with Crippen LogP contribution in [0.1, 0.15) is 55.3 Å². The van der Waals surface area contributed by atoms with Crippen LogP contribution in [-0.4, -0.2) is 66.5 Å². The highest BCUT2D eigenvalue weighted by atomic mass is 16.5. The summed E-state index contributed by atoms with van der Waals surface area (Å²) in [5.74, 6) is 0.680. The third-order valence-electron chi connectivity index (χ3n) is 6.30. The second-order valence-electron chi connectivity index (χ2n) is 8.48. The summed E-state index contributed by atoms with van der Waals surface area (Å²) in [6.45, 7) is 2.01. The first-order valence-corrected chi connectivity index (χ1v) is 11.0. The minimum Gasteiger partial charge on any atom is -0.490 e. The van der Waals surface area contributed by atoms with E-state index in [0.717, 1.165) is 51.6 Å². The van der Waals surface area contributed by atoms with Gasteiger partial charge in [0.1, 0.15) is 17.9 Å². The smallest absolute Gasteiger partial charge is 0.328 e. The van der Waals surface area contributed by atoms with Gasteiger partial charge in [-0.15, -0.1) is 0 Å². The van der Waals surface area contributed by atoms with Crippen LogP contribution in [0.15, 0.2) is 24.3 Å². The lowest BCUT2D eigenvalue weighted by molar-refractivity contribution is -0.147. The predicted octanol–water partition coefficient (Wildman–Crippen LogP) is 2.63. The summed E-state index contributed by atoms with van der Waals surface area (Å²) in [7, 11) is 1.36. The summed E-state index contributed by atoms with van der Waals surface area (Å²) in [5, 5.41) is 0. The summed E-state index contributed by atoms with van der Waals surface area (Å²) in [5.41, 5.74) is 0.518. The van der Waals surface area contributed by atoms with E-state index in [-0.39, 0.29) is 23.9 Å². The van der Waals surface area contributed by atoms with Crippen LogP contribution in [0.2, 0.25) is 0 Å². The molecular formula is C23H30N2O5. The molecule has 7 nitrogen and oxygen atoms in total. The lowest BCUT2D eigenvalue weighted by Crippen LogP contribution is -2.48. The van der Waals surface area contributed by atoms with Gasteiger partial charge in [-0.05, 0) is 50.3 Å². The van der Waals surface area contributed by atoms with E-state index in [1.807, 2.05) is 17.0 Å². The topological polar surface area (TPSA) is 76.2 Å². The molecule has 162 valence electrons. The van der Waals surface area contributed by atoms with Crippen LogP contribution in [0.3, 0.4) is 0 Å². The van der Waals surface area contributed by atoms with Crippen LogP contribution in [0.25, 0.3) is 0 Å². The highest BCUT2D eigenvalue weighted by Crippen LogP contribution is 2.32. The van der Waals surface area contributed by atoms with Gasteiger partial charge in [-0.1, -0.05) is 6.07 Å². The van der Waals surface area contributed by atoms with E-state index in [2.05, 4.69) is 0 Å². The summed E-state index contributed by atoms with van der Waals surface area (Å²) in [6, 6.07) is 6.66. The molecule has 2 amide bonds. The van der Waals surface area contributed by atoms with Crippen molar-refractivity contribution in [2.24, 2.45) is 5.92 Å². The molecule has 2 heterocycles. The molecule has 0 N–H and O–H groups in total. The monoisotopic (exact) mass is 414 g/mol. The fourth-order valence-corrected chi connectivity index (χ4v) is 4.40. The van der Waals surface area contributed by atoms with Gasteiger partial charge >= 0.3 is 5.97 Å². The molecule has 0 radical (unpaired) electrons. The van der Waals surface area contributed by atoms with Gasteiger partial charge in [-0.2, -0.15) is 0 Å². The SMILES string of the molecule is COC(=O)[C@@H]1CCCCN1C(=O)c1cccc(OC2CCN(C(=O)C3CC3)CC2)c1. The molecule has 3 aliphatic rings. The molecule has 4 rings (SSSR count). The van der Waals surface area contributed by atoms with Gasteiger partial charge in [-0.3, -0.25) is 9.59 Å². The largest absolute Gasteiger partial charge is 0.490 e. The third-order valence-corrected chi connectivity index (χ3v) is 6.30. The Morgan fingerprint density at radius 3 is 2.43 bits per heavy atom. The van der Waals surface area contributed by atoms with Gasteiger partial charge in [0, 0.05) is 44.0 Å². The number of nitrogens with zero attached hydrogens (tertiary/aromatic N) is 2. The van der Waals surface area contributed by atoms with E-state index in [0.29, 0.717) is 30.2 Å². The lowest BCUT2D eigenvalue weighted by atomic mass is 10.0. The van der Waals surface area contributed by atoms with Gasteiger partial charge in [0.2, 0.25) is 5.91 Å². The normalized spacial score (nSPS) is 22.5. The van der Waals surface area contributed by atoms with E-state index in [1.54, 1.807) is 17.0 Å². The number of rotatable bonds is 5. The Labute approximate surface area is 177 Å². The number of hydrogen-bond acceptors (Lipinski definition) is 5.